The van der Waals surface area contributed by atoms with E-state index >= 15 is 0 Å². The average molecular weight is 248 g/mol. The van der Waals surface area contributed by atoms with Gasteiger partial charge in [0, 0.05) is 12.6 Å². The van der Waals surface area contributed by atoms with Crippen molar-refractivity contribution >= 4 is 0 Å². The highest BCUT2D eigenvalue weighted by molar-refractivity contribution is 5.42. The van der Waals surface area contributed by atoms with Crippen LogP contribution in [0.3, 0.4) is 0 Å². The van der Waals surface area contributed by atoms with Crippen molar-refractivity contribution in [1.29, 1.82) is 0 Å². The molecule has 96 valence electrons. The highest BCUT2D eigenvalue weighted by atomic mass is 16.4. The van der Waals surface area contributed by atoms with Crippen molar-refractivity contribution < 1.29 is 8.83 Å². The Morgan fingerprint density at radius 3 is 3.17 bits per heavy atom. The second kappa shape index (κ2) is 4.91. The summed E-state index contributed by atoms with van der Waals surface area (Å²) in [5.74, 6) is 1.64. The second-order valence-electron chi connectivity index (χ2n) is 4.62. The maximum absolute atomic E-state index is 5.94. The number of nitrogens with two attached hydrogens (primary N) is 1. The molecular formula is C12H16N4O2. The fourth-order valence-electron chi connectivity index (χ4n) is 2.24. The van der Waals surface area contributed by atoms with Crippen LogP contribution in [0.4, 0.5) is 0 Å². The first-order valence-electron chi connectivity index (χ1n) is 6.15. The first kappa shape index (κ1) is 11.4. The molecule has 3 heterocycles. The molecule has 6 heteroatoms. The summed E-state index contributed by atoms with van der Waals surface area (Å²) in [6, 6.07) is 3.85. The van der Waals surface area contributed by atoms with Crippen molar-refractivity contribution in [2.24, 2.45) is 5.73 Å². The molecule has 0 radical (unpaired) electrons. The molecule has 1 atom stereocenters. The largest absolute Gasteiger partial charge is 0.459 e. The third-order valence-corrected chi connectivity index (χ3v) is 3.10. The van der Waals surface area contributed by atoms with Gasteiger partial charge in [0.05, 0.1) is 12.8 Å². The number of piperidine rings is 1. The van der Waals surface area contributed by atoms with Gasteiger partial charge in [0.1, 0.15) is 0 Å². The van der Waals surface area contributed by atoms with Gasteiger partial charge in [-0.25, -0.2) is 0 Å². The normalized spacial score (nSPS) is 21.3. The molecular weight excluding hydrogens is 232 g/mol. The third kappa shape index (κ3) is 2.44. The molecule has 0 amide bonds. The van der Waals surface area contributed by atoms with Gasteiger partial charge in [-0.15, -0.1) is 10.2 Å². The van der Waals surface area contributed by atoms with Gasteiger partial charge in [0.2, 0.25) is 5.89 Å². The van der Waals surface area contributed by atoms with Gasteiger partial charge in [0.25, 0.3) is 5.89 Å². The molecule has 2 aromatic rings. The van der Waals surface area contributed by atoms with E-state index in [4.69, 9.17) is 14.6 Å². The van der Waals surface area contributed by atoms with Crippen molar-refractivity contribution in [1.82, 2.24) is 15.1 Å². The van der Waals surface area contributed by atoms with E-state index in [0.29, 0.717) is 24.1 Å². The molecule has 1 aliphatic heterocycles. The topological polar surface area (TPSA) is 81.3 Å². The number of hydrogen-bond acceptors (Lipinski definition) is 6. The number of nitrogens with zero attached hydrogens (tertiary/aromatic N) is 3. The molecule has 18 heavy (non-hydrogen) atoms. The zero-order valence-electron chi connectivity index (χ0n) is 10.1. The van der Waals surface area contributed by atoms with Crippen molar-refractivity contribution in [2.45, 2.75) is 25.4 Å². The molecule has 0 aromatic carbocycles. The average Bonchev–Trinajstić information content (AvgIpc) is 2.98. The molecule has 0 spiro atoms. The summed E-state index contributed by atoms with van der Waals surface area (Å²) in [6.45, 7) is 2.58. The van der Waals surface area contributed by atoms with Crippen LogP contribution >= 0.6 is 0 Å². The Bertz CT molecular complexity index is 494. The van der Waals surface area contributed by atoms with E-state index in [9.17, 15) is 0 Å². The number of aromatic nitrogens is 2. The molecule has 1 saturated heterocycles. The Morgan fingerprint density at radius 1 is 1.44 bits per heavy atom. The lowest BCUT2D eigenvalue weighted by Crippen LogP contribution is -2.42. The van der Waals surface area contributed by atoms with Crippen LogP contribution in [0.25, 0.3) is 11.7 Å². The Balaban J connectivity index is 1.66. The number of furan rings is 1. The molecule has 6 nitrogen and oxygen atoms in total. The van der Waals surface area contributed by atoms with E-state index in [1.54, 1.807) is 18.4 Å². The summed E-state index contributed by atoms with van der Waals surface area (Å²) >= 11 is 0. The van der Waals surface area contributed by atoms with Gasteiger partial charge < -0.3 is 14.6 Å². The monoisotopic (exact) mass is 248 g/mol. The predicted octanol–water partition coefficient (Wildman–Crippen LogP) is 1.25. The molecule has 0 unspecified atom stereocenters. The standard InChI is InChI=1S/C12H16N4O2/c13-9-3-1-5-16(7-9)8-11-14-15-12(18-11)10-4-2-6-17-10/h2,4,6,9H,1,3,5,7-8,13H2/t9-/m1/s1. The zero-order chi connectivity index (χ0) is 12.4. The quantitative estimate of drug-likeness (QED) is 0.880. The summed E-state index contributed by atoms with van der Waals surface area (Å²) in [4.78, 5) is 2.24. The third-order valence-electron chi connectivity index (χ3n) is 3.10. The van der Waals surface area contributed by atoms with Gasteiger partial charge >= 0.3 is 0 Å². The summed E-state index contributed by atoms with van der Waals surface area (Å²) in [5.41, 5.74) is 5.94. The lowest BCUT2D eigenvalue weighted by atomic mass is 10.1. The van der Waals surface area contributed by atoms with Crippen molar-refractivity contribution in [3.63, 3.8) is 0 Å². The Morgan fingerprint density at radius 2 is 2.39 bits per heavy atom. The maximum Gasteiger partial charge on any atom is 0.283 e. The highest BCUT2D eigenvalue weighted by Gasteiger charge is 2.19. The SMILES string of the molecule is N[C@@H]1CCCN(Cc2nnc(-c3ccco3)o2)C1. The first-order chi connectivity index (χ1) is 8.81. The Kier molecular flexibility index (Phi) is 3.12. The molecule has 1 aliphatic rings. The van der Waals surface area contributed by atoms with Crippen LogP contribution in [0.15, 0.2) is 27.2 Å². The molecule has 0 bridgehead atoms. The summed E-state index contributed by atoms with van der Waals surface area (Å²) in [6.07, 6.45) is 3.81. The van der Waals surface area contributed by atoms with Crippen LogP contribution in [0.5, 0.6) is 0 Å². The van der Waals surface area contributed by atoms with Crippen LogP contribution in [0, 0.1) is 0 Å². The second-order valence-corrected chi connectivity index (χ2v) is 4.62. The minimum absolute atomic E-state index is 0.256. The lowest BCUT2D eigenvalue weighted by Gasteiger charge is -2.29. The molecule has 0 aliphatic carbocycles. The molecule has 2 aromatic heterocycles. The number of likely N-dealkylation sites (tertiary alicyclic amines) is 1. The van der Waals surface area contributed by atoms with Crippen molar-refractivity contribution in [3.8, 4) is 11.7 Å². The Labute approximate surface area is 105 Å². The molecule has 1 fully saturated rings. The molecule has 0 saturated carbocycles. The molecule has 3 rings (SSSR count). The number of rotatable bonds is 3. The predicted molar refractivity (Wildman–Crippen MR) is 64.5 cm³/mol. The van der Waals surface area contributed by atoms with Gasteiger partial charge in [-0.1, -0.05) is 0 Å². The van der Waals surface area contributed by atoms with Gasteiger partial charge in [0.15, 0.2) is 5.76 Å². The van der Waals surface area contributed by atoms with Crippen LogP contribution in [0.1, 0.15) is 18.7 Å². The van der Waals surface area contributed by atoms with Crippen molar-refractivity contribution in [2.75, 3.05) is 13.1 Å². The van der Waals surface area contributed by atoms with Gasteiger partial charge in [-0.3, -0.25) is 4.90 Å². The van der Waals surface area contributed by atoms with Gasteiger partial charge in [-0.2, -0.15) is 0 Å². The summed E-state index contributed by atoms with van der Waals surface area (Å²) in [5, 5.41) is 8.01. The minimum atomic E-state index is 0.256. The van der Waals surface area contributed by atoms with E-state index < -0.39 is 0 Å². The van der Waals surface area contributed by atoms with Gasteiger partial charge in [-0.05, 0) is 31.5 Å². The first-order valence-corrected chi connectivity index (χ1v) is 6.15. The van der Waals surface area contributed by atoms with Crippen LogP contribution < -0.4 is 5.73 Å². The maximum atomic E-state index is 5.94. The fraction of sp³-hybridized carbons (Fsp3) is 0.500. The highest BCUT2D eigenvalue weighted by Crippen LogP contribution is 2.19. The smallest absolute Gasteiger partial charge is 0.283 e. The summed E-state index contributed by atoms with van der Waals surface area (Å²) < 4.78 is 10.8. The molecule has 2 N–H and O–H groups in total. The zero-order valence-corrected chi connectivity index (χ0v) is 10.1. The lowest BCUT2D eigenvalue weighted by molar-refractivity contribution is 0.185. The van der Waals surface area contributed by atoms with E-state index in [-0.39, 0.29) is 6.04 Å². The fourth-order valence-corrected chi connectivity index (χ4v) is 2.24. The van der Waals surface area contributed by atoms with E-state index in [1.165, 1.54) is 0 Å². The minimum Gasteiger partial charge on any atom is -0.459 e. The van der Waals surface area contributed by atoms with Crippen LogP contribution in [0.2, 0.25) is 0 Å². The van der Waals surface area contributed by atoms with E-state index in [2.05, 4.69) is 15.1 Å². The van der Waals surface area contributed by atoms with Crippen LogP contribution in [-0.2, 0) is 6.54 Å². The van der Waals surface area contributed by atoms with E-state index in [1.807, 2.05) is 0 Å². The Hall–Kier alpha value is -1.66. The number of hydrogen-bond donors (Lipinski definition) is 1. The van der Waals surface area contributed by atoms with Crippen LogP contribution in [-0.4, -0.2) is 34.2 Å². The van der Waals surface area contributed by atoms with E-state index in [0.717, 1.165) is 25.9 Å². The van der Waals surface area contributed by atoms with Crippen molar-refractivity contribution in [3.05, 3.63) is 24.3 Å². The summed E-state index contributed by atoms with van der Waals surface area (Å²) in [7, 11) is 0.